The van der Waals surface area contributed by atoms with Gasteiger partial charge in [-0.15, -0.1) is 0 Å². The Hall–Kier alpha value is -1.71. The lowest BCUT2D eigenvalue weighted by atomic mass is 9.88. The van der Waals surface area contributed by atoms with Crippen LogP contribution in [0.3, 0.4) is 0 Å². The van der Waals surface area contributed by atoms with Crippen LogP contribution in [0.15, 0.2) is 0 Å². The van der Waals surface area contributed by atoms with E-state index in [4.69, 9.17) is 11.5 Å². The van der Waals surface area contributed by atoms with Gasteiger partial charge in [0.1, 0.15) is 12.3 Å². The lowest BCUT2D eigenvalue weighted by Crippen LogP contribution is -2.59. The summed E-state index contributed by atoms with van der Waals surface area (Å²) in [7, 11) is 0. The van der Waals surface area contributed by atoms with E-state index in [0.717, 1.165) is 6.42 Å². The molecule has 9 nitrogen and oxygen atoms in total. The molecular formula is C18H33N5O4. The minimum atomic E-state index is -0.913. The van der Waals surface area contributed by atoms with Gasteiger partial charge in [0.2, 0.25) is 11.8 Å². The predicted octanol–water partition coefficient (Wildman–Crippen LogP) is -0.734. The van der Waals surface area contributed by atoms with Gasteiger partial charge < -0.3 is 26.8 Å². The molecule has 154 valence electrons. The maximum absolute atomic E-state index is 13.3. The van der Waals surface area contributed by atoms with Crippen LogP contribution in [0.2, 0.25) is 0 Å². The molecule has 2 amide bonds. The van der Waals surface area contributed by atoms with E-state index >= 15 is 0 Å². The maximum Gasteiger partial charge on any atom is 0.306 e. The maximum atomic E-state index is 13.3. The normalized spacial score (nSPS) is 32.4. The number of rotatable bonds is 6. The molecule has 2 rings (SSSR count). The lowest BCUT2D eigenvalue weighted by Gasteiger charge is -2.39. The van der Waals surface area contributed by atoms with E-state index in [-0.39, 0.29) is 30.2 Å². The van der Waals surface area contributed by atoms with E-state index in [9.17, 15) is 19.5 Å². The number of hydrogen-bond acceptors (Lipinski definition) is 6. The van der Waals surface area contributed by atoms with E-state index in [2.05, 4.69) is 24.5 Å². The SMILES string of the molecule is CC(=O)NC(C(=O)N1CC(C)CC(C)C1)C1CC(C(=O)O)CC1NC(N)N. The van der Waals surface area contributed by atoms with Crippen LogP contribution in [0.25, 0.3) is 0 Å². The molecule has 0 spiro atoms. The van der Waals surface area contributed by atoms with Gasteiger partial charge in [0.15, 0.2) is 0 Å². The zero-order valence-electron chi connectivity index (χ0n) is 16.4. The van der Waals surface area contributed by atoms with E-state index in [1.54, 1.807) is 4.90 Å². The lowest BCUT2D eigenvalue weighted by molar-refractivity contribution is -0.142. The second-order valence-electron chi connectivity index (χ2n) is 8.34. The van der Waals surface area contributed by atoms with Gasteiger partial charge in [-0.05, 0) is 31.1 Å². The number of carboxylic acid groups (broad SMARTS) is 1. The number of nitrogens with zero attached hydrogens (tertiary/aromatic N) is 1. The molecule has 1 saturated carbocycles. The molecule has 0 bridgehead atoms. The van der Waals surface area contributed by atoms with Crippen LogP contribution in [-0.2, 0) is 14.4 Å². The highest BCUT2D eigenvalue weighted by atomic mass is 16.4. The third-order valence-corrected chi connectivity index (χ3v) is 5.60. The molecule has 6 unspecified atom stereocenters. The van der Waals surface area contributed by atoms with E-state index in [0.29, 0.717) is 31.3 Å². The number of carbonyl (C=O) groups is 3. The first kappa shape index (κ1) is 21.6. The standard InChI is InChI=1S/C18H33N5O4/c1-9-4-10(2)8-23(7-9)16(25)15(21-11(3)24)13-5-12(17(26)27)6-14(13)22-18(19)20/h9-10,12-15,18,22H,4-8,19-20H2,1-3H3,(H,21,24)(H,26,27). The Kier molecular flexibility index (Phi) is 7.19. The Labute approximate surface area is 160 Å². The number of piperidine rings is 1. The molecular weight excluding hydrogens is 350 g/mol. The molecule has 0 radical (unpaired) electrons. The summed E-state index contributed by atoms with van der Waals surface area (Å²) in [4.78, 5) is 38.4. The molecule has 0 aromatic carbocycles. The van der Waals surface area contributed by atoms with Crippen molar-refractivity contribution in [3.8, 4) is 0 Å². The summed E-state index contributed by atoms with van der Waals surface area (Å²) in [6.45, 7) is 6.86. The largest absolute Gasteiger partial charge is 0.481 e. The molecule has 1 aliphatic carbocycles. The second-order valence-corrected chi connectivity index (χ2v) is 8.34. The van der Waals surface area contributed by atoms with Crippen molar-refractivity contribution in [2.24, 2.45) is 35.1 Å². The number of aliphatic carboxylic acids is 1. The van der Waals surface area contributed by atoms with Gasteiger partial charge >= 0.3 is 5.97 Å². The Bertz CT molecular complexity index is 560. The Morgan fingerprint density at radius 1 is 1.07 bits per heavy atom. The van der Waals surface area contributed by atoms with Crippen molar-refractivity contribution < 1.29 is 19.5 Å². The predicted molar refractivity (Wildman–Crippen MR) is 100 cm³/mol. The van der Waals surface area contributed by atoms with Crippen molar-refractivity contribution in [2.45, 2.75) is 58.4 Å². The Morgan fingerprint density at radius 3 is 2.15 bits per heavy atom. The fraction of sp³-hybridized carbons (Fsp3) is 0.833. The number of likely N-dealkylation sites (tertiary alicyclic amines) is 1. The highest BCUT2D eigenvalue weighted by molar-refractivity contribution is 5.87. The number of carboxylic acids is 1. The van der Waals surface area contributed by atoms with Gasteiger partial charge in [-0.1, -0.05) is 13.8 Å². The molecule has 7 N–H and O–H groups in total. The smallest absolute Gasteiger partial charge is 0.306 e. The van der Waals surface area contributed by atoms with Gasteiger partial charge in [0.05, 0.1) is 5.92 Å². The van der Waals surface area contributed by atoms with Crippen LogP contribution < -0.4 is 22.1 Å². The van der Waals surface area contributed by atoms with E-state index < -0.39 is 24.2 Å². The van der Waals surface area contributed by atoms with Gasteiger partial charge in [-0.3, -0.25) is 19.7 Å². The van der Waals surface area contributed by atoms with Gasteiger partial charge in [0, 0.05) is 32.0 Å². The van der Waals surface area contributed by atoms with E-state index in [1.165, 1.54) is 6.92 Å². The minimum Gasteiger partial charge on any atom is -0.481 e. The summed E-state index contributed by atoms with van der Waals surface area (Å²) < 4.78 is 0. The monoisotopic (exact) mass is 383 g/mol. The van der Waals surface area contributed by atoms with Crippen molar-refractivity contribution >= 4 is 17.8 Å². The summed E-state index contributed by atoms with van der Waals surface area (Å²) in [5.74, 6) is -1.60. The third-order valence-electron chi connectivity index (χ3n) is 5.60. The molecule has 1 aliphatic heterocycles. The topological polar surface area (TPSA) is 151 Å². The summed E-state index contributed by atoms with van der Waals surface area (Å²) in [6, 6.07) is -1.15. The van der Waals surface area contributed by atoms with Crippen molar-refractivity contribution in [3.63, 3.8) is 0 Å². The average molecular weight is 383 g/mol. The highest BCUT2D eigenvalue weighted by Crippen LogP contribution is 2.35. The average Bonchev–Trinajstić information content (AvgIpc) is 2.94. The molecule has 2 fully saturated rings. The van der Waals surface area contributed by atoms with Crippen LogP contribution in [0.1, 0.15) is 40.0 Å². The first-order chi connectivity index (χ1) is 12.6. The Morgan fingerprint density at radius 2 is 1.67 bits per heavy atom. The quantitative estimate of drug-likeness (QED) is 0.379. The van der Waals surface area contributed by atoms with Crippen LogP contribution in [0.5, 0.6) is 0 Å². The first-order valence-corrected chi connectivity index (χ1v) is 9.64. The number of carbonyl (C=O) groups excluding carboxylic acids is 2. The zero-order valence-corrected chi connectivity index (χ0v) is 16.4. The number of amides is 2. The number of nitrogens with two attached hydrogens (primary N) is 2. The second kappa shape index (κ2) is 8.99. The fourth-order valence-corrected chi connectivity index (χ4v) is 4.69. The van der Waals surface area contributed by atoms with E-state index in [1.807, 2.05) is 0 Å². The van der Waals surface area contributed by atoms with Crippen molar-refractivity contribution in [3.05, 3.63) is 0 Å². The van der Waals surface area contributed by atoms with Gasteiger partial charge in [0.25, 0.3) is 0 Å². The minimum absolute atomic E-state index is 0.156. The first-order valence-electron chi connectivity index (χ1n) is 9.64. The zero-order chi connectivity index (χ0) is 20.3. The Balaban J connectivity index is 2.25. The fourth-order valence-electron chi connectivity index (χ4n) is 4.69. The molecule has 0 aromatic rings. The van der Waals surface area contributed by atoms with Crippen LogP contribution >= 0.6 is 0 Å². The summed E-state index contributed by atoms with van der Waals surface area (Å²) in [6.07, 6.45) is 0.843. The van der Waals surface area contributed by atoms with Crippen molar-refractivity contribution in [2.75, 3.05) is 13.1 Å². The van der Waals surface area contributed by atoms with Crippen molar-refractivity contribution in [1.29, 1.82) is 0 Å². The molecule has 9 heteroatoms. The van der Waals surface area contributed by atoms with Gasteiger partial charge in [-0.25, -0.2) is 0 Å². The third kappa shape index (κ3) is 5.63. The molecule has 2 aliphatic rings. The van der Waals surface area contributed by atoms with Crippen LogP contribution in [0, 0.1) is 23.7 Å². The van der Waals surface area contributed by atoms with Gasteiger partial charge in [-0.2, -0.15) is 0 Å². The number of hydrogen-bond donors (Lipinski definition) is 5. The number of nitrogens with one attached hydrogen (secondary N) is 2. The molecule has 1 saturated heterocycles. The summed E-state index contributed by atoms with van der Waals surface area (Å²) in [5.41, 5.74) is 11.3. The van der Waals surface area contributed by atoms with Crippen molar-refractivity contribution in [1.82, 2.24) is 15.5 Å². The highest BCUT2D eigenvalue weighted by Gasteiger charge is 2.46. The molecule has 0 aromatic heterocycles. The molecule has 1 heterocycles. The summed E-state index contributed by atoms with van der Waals surface area (Å²) >= 11 is 0. The molecule has 6 atom stereocenters. The summed E-state index contributed by atoms with van der Waals surface area (Å²) in [5, 5.41) is 15.2. The molecule has 27 heavy (non-hydrogen) atoms. The van der Waals surface area contributed by atoms with Crippen LogP contribution in [-0.4, -0.2) is 59.3 Å². The van der Waals surface area contributed by atoms with Crippen LogP contribution in [0.4, 0.5) is 0 Å².